The number of halogens is 1. The minimum Gasteiger partial charge on any atom is -0.497 e. The molecule has 4 rings (SSSR count). The van der Waals surface area contributed by atoms with Crippen LogP contribution < -0.4 is 9.64 Å². The number of carbonyl (C=O) groups is 2. The first kappa shape index (κ1) is 28.9. The lowest BCUT2D eigenvalue weighted by molar-refractivity contribution is -0.126. The van der Waals surface area contributed by atoms with E-state index in [2.05, 4.69) is 26.0 Å². The highest BCUT2D eigenvalue weighted by molar-refractivity contribution is 6.30. The topological polar surface area (TPSA) is 46.6 Å². The Morgan fingerprint density at radius 1 is 0.872 bits per heavy atom. The Hall–Kier alpha value is -3.11. The Morgan fingerprint density at radius 2 is 1.49 bits per heavy atom. The lowest BCUT2D eigenvalue weighted by atomic mass is 9.83. The molecular formula is C34H40ClNO3. The van der Waals surface area contributed by atoms with Gasteiger partial charge in [-0.1, -0.05) is 94.0 Å². The fourth-order valence-corrected chi connectivity index (χ4v) is 5.66. The van der Waals surface area contributed by atoms with Gasteiger partial charge in [-0.25, -0.2) is 0 Å². The SMILES string of the molecule is COc1ccc(CCC(=O)N(c2ccc(C(C)C)cc2)C(C(=O)CC2CCCCC2)c2ccc(Cl)cc2)cc1. The number of ether oxygens (including phenoxy) is 1. The first-order valence-electron chi connectivity index (χ1n) is 14.2. The van der Waals surface area contributed by atoms with Crippen LogP contribution in [0.5, 0.6) is 5.75 Å². The summed E-state index contributed by atoms with van der Waals surface area (Å²) in [5.41, 5.74) is 3.79. The lowest BCUT2D eigenvalue weighted by Crippen LogP contribution is -2.40. The van der Waals surface area contributed by atoms with E-state index in [1.54, 1.807) is 24.1 Å². The summed E-state index contributed by atoms with van der Waals surface area (Å²) in [7, 11) is 1.64. The van der Waals surface area contributed by atoms with Crippen LogP contribution in [0.2, 0.25) is 5.02 Å². The number of rotatable bonds is 11. The number of anilines is 1. The molecule has 1 aliphatic rings. The molecule has 1 aliphatic carbocycles. The van der Waals surface area contributed by atoms with Crippen LogP contribution in [0.25, 0.3) is 0 Å². The molecule has 1 fully saturated rings. The number of hydrogen-bond acceptors (Lipinski definition) is 3. The Kier molecular flexibility index (Phi) is 10.2. The third-order valence-electron chi connectivity index (χ3n) is 7.86. The number of aryl methyl sites for hydroxylation is 1. The van der Waals surface area contributed by atoms with Crippen molar-refractivity contribution in [2.24, 2.45) is 5.92 Å². The van der Waals surface area contributed by atoms with Gasteiger partial charge in [0.15, 0.2) is 5.78 Å². The van der Waals surface area contributed by atoms with Gasteiger partial charge in [0.1, 0.15) is 11.8 Å². The van der Waals surface area contributed by atoms with Gasteiger partial charge in [0.2, 0.25) is 5.91 Å². The second kappa shape index (κ2) is 13.8. The Morgan fingerprint density at radius 3 is 2.08 bits per heavy atom. The number of methoxy groups -OCH3 is 1. The number of ketones is 1. The van der Waals surface area contributed by atoms with Crippen LogP contribution in [0.15, 0.2) is 72.8 Å². The van der Waals surface area contributed by atoms with Crippen molar-refractivity contribution in [3.63, 3.8) is 0 Å². The fraction of sp³-hybridized carbons (Fsp3) is 0.412. The number of Topliss-reactive ketones (excluding diaryl/α,β-unsaturated/α-hetero) is 1. The summed E-state index contributed by atoms with van der Waals surface area (Å²) in [5.74, 6) is 1.56. The first-order valence-corrected chi connectivity index (χ1v) is 14.6. The van der Waals surface area contributed by atoms with E-state index in [0.29, 0.717) is 36.1 Å². The van der Waals surface area contributed by atoms with Gasteiger partial charge in [0, 0.05) is 23.6 Å². The van der Waals surface area contributed by atoms with Crippen molar-refractivity contribution < 1.29 is 14.3 Å². The van der Waals surface area contributed by atoms with Crippen LogP contribution in [0.3, 0.4) is 0 Å². The number of benzene rings is 3. The highest BCUT2D eigenvalue weighted by atomic mass is 35.5. The Bertz CT molecular complexity index is 1210. The van der Waals surface area contributed by atoms with Gasteiger partial charge in [-0.3, -0.25) is 14.5 Å². The normalized spacial score (nSPS) is 14.7. The molecule has 0 heterocycles. The van der Waals surface area contributed by atoms with Crippen LogP contribution in [0.4, 0.5) is 5.69 Å². The average molecular weight is 546 g/mol. The predicted molar refractivity (Wildman–Crippen MR) is 160 cm³/mol. The van der Waals surface area contributed by atoms with Gasteiger partial charge in [0.25, 0.3) is 0 Å². The molecule has 0 bridgehead atoms. The molecule has 0 radical (unpaired) electrons. The molecule has 1 atom stereocenters. The zero-order valence-electron chi connectivity index (χ0n) is 23.4. The van der Waals surface area contributed by atoms with Crippen molar-refractivity contribution in [2.75, 3.05) is 12.0 Å². The molecule has 3 aromatic rings. The predicted octanol–water partition coefficient (Wildman–Crippen LogP) is 8.72. The molecule has 3 aromatic carbocycles. The molecule has 0 spiro atoms. The van der Waals surface area contributed by atoms with Crippen molar-refractivity contribution in [1.82, 2.24) is 0 Å². The number of amides is 1. The maximum Gasteiger partial charge on any atom is 0.228 e. The monoisotopic (exact) mass is 545 g/mol. The molecule has 5 heteroatoms. The minimum absolute atomic E-state index is 0.0694. The zero-order chi connectivity index (χ0) is 27.8. The molecule has 206 valence electrons. The minimum atomic E-state index is -0.697. The van der Waals surface area contributed by atoms with Gasteiger partial charge in [-0.15, -0.1) is 0 Å². The van der Waals surface area contributed by atoms with Crippen LogP contribution in [0.1, 0.15) is 87.4 Å². The van der Waals surface area contributed by atoms with E-state index >= 15 is 0 Å². The van der Waals surface area contributed by atoms with Gasteiger partial charge < -0.3 is 4.74 Å². The number of hydrogen-bond donors (Lipinski definition) is 0. The highest BCUT2D eigenvalue weighted by Gasteiger charge is 2.34. The zero-order valence-corrected chi connectivity index (χ0v) is 24.1. The van der Waals surface area contributed by atoms with E-state index in [-0.39, 0.29) is 11.7 Å². The Labute approximate surface area is 238 Å². The second-order valence-electron chi connectivity index (χ2n) is 11.0. The highest BCUT2D eigenvalue weighted by Crippen LogP contribution is 2.35. The Balaban J connectivity index is 1.69. The first-order chi connectivity index (χ1) is 18.9. The van der Waals surface area contributed by atoms with E-state index in [4.69, 9.17) is 16.3 Å². The smallest absolute Gasteiger partial charge is 0.228 e. The van der Waals surface area contributed by atoms with Crippen LogP contribution in [-0.2, 0) is 16.0 Å². The second-order valence-corrected chi connectivity index (χ2v) is 11.4. The fourth-order valence-electron chi connectivity index (χ4n) is 5.53. The number of nitrogens with zero attached hydrogens (tertiary/aromatic N) is 1. The molecule has 1 unspecified atom stereocenters. The third kappa shape index (κ3) is 7.73. The van der Waals surface area contributed by atoms with E-state index in [1.807, 2.05) is 48.5 Å². The largest absolute Gasteiger partial charge is 0.497 e. The summed E-state index contributed by atoms with van der Waals surface area (Å²) in [4.78, 5) is 29.9. The van der Waals surface area contributed by atoms with Crippen molar-refractivity contribution in [3.05, 3.63) is 94.5 Å². The lowest BCUT2D eigenvalue weighted by Gasteiger charge is -2.33. The molecular weight excluding hydrogens is 506 g/mol. The maximum absolute atomic E-state index is 14.1. The standard InChI is InChI=1S/C34H40ClNO3/c1-24(2)27-14-18-30(19-15-27)36(33(38)22-11-25-9-20-31(39-3)21-10-25)34(28-12-16-29(35)17-13-28)32(37)23-26-7-5-4-6-8-26/h9-10,12-21,24,26,34H,4-8,11,22-23H2,1-3H3. The maximum atomic E-state index is 14.1. The van der Waals surface area contributed by atoms with Crippen LogP contribution in [-0.4, -0.2) is 18.8 Å². The van der Waals surface area contributed by atoms with E-state index < -0.39 is 6.04 Å². The number of carbonyl (C=O) groups excluding carboxylic acids is 2. The van der Waals surface area contributed by atoms with E-state index in [1.165, 1.54) is 24.8 Å². The molecule has 1 saturated carbocycles. The summed E-state index contributed by atoms with van der Waals surface area (Å²) < 4.78 is 5.27. The van der Waals surface area contributed by atoms with Gasteiger partial charge in [-0.2, -0.15) is 0 Å². The van der Waals surface area contributed by atoms with Crippen LogP contribution >= 0.6 is 11.6 Å². The molecule has 0 saturated heterocycles. The quantitative estimate of drug-likeness (QED) is 0.242. The average Bonchev–Trinajstić information content (AvgIpc) is 2.96. The van der Waals surface area contributed by atoms with E-state index in [0.717, 1.165) is 35.4 Å². The van der Waals surface area contributed by atoms with Gasteiger partial charge in [0.05, 0.1) is 7.11 Å². The molecule has 0 aromatic heterocycles. The van der Waals surface area contributed by atoms with Gasteiger partial charge in [-0.05, 0) is 71.3 Å². The van der Waals surface area contributed by atoms with Crippen LogP contribution in [0, 0.1) is 5.92 Å². The molecule has 1 amide bonds. The summed E-state index contributed by atoms with van der Waals surface area (Å²) >= 11 is 6.22. The van der Waals surface area contributed by atoms with Crippen molar-refractivity contribution in [2.45, 2.75) is 77.2 Å². The summed E-state index contributed by atoms with van der Waals surface area (Å²) in [6, 6.07) is 22.6. The van der Waals surface area contributed by atoms with E-state index in [9.17, 15) is 9.59 Å². The van der Waals surface area contributed by atoms with Crippen molar-refractivity contribution >= 4 is 29.0 Å². The molecule has 0 aliphatic heterocycles. The molecule has 4 nitrogen and oxygen atoms in total. The summed E-state index contributed by atoms with van der Waals surface area (Å²) in [5, 5.41) is 0.607. The van der Waals surface area contributed by atoms with Crippen molar-refractivity contribution in [1.29, 1.82) is 0 Å². The summed E-state index contributed by atoms with van der Waals surface area (Å²) in [6.07, 6.45) is 7.09. The van der Waals surface area contributed by atoms with Crippen molar-refractivity contribution in [3.8, 4) is 5.75 Å². The third-order valence-corrected chi connectivity index (χ3v) is 8.11. The molecule has 0 N–H and O–H groups in total. The summed E-state index contributed by atoms with van der Waals surface area (Å²) in [6.45, 7) is 4.30. The molecule has 39 heavy (non-hydrogen) atoms. The van der Waals surface area contributed by atoms with Gasteiger partial charge >= 0.3 is 0 Å².